The number of rotatable bonds is 6. The van der Waals surface area contributed by atoms with Gasteiger partial charge in [-0.15, -0.1) is 0 Å². The first-order chi connectivity index (χ1) is 10.1. The molecule has 0 fully saturated rings. The number of nitrogens with zero attached hydrogens (tertiary/aromatic N) is 1. The average Bonchev–Trinajstić information content (AvgIpc) is 2.47. The van der Waals surface area contributed by atoms with Crippen LogP contribution in [0.2, 0.25) is 0 Å². The van der Waals surface area contributed by atoms with Crippen LogP contribution in [0, 0.1) is 20.8 Å². The van der Waals surface area contributed by atoms with Crippen molar-refractivity contribution < 1.29 is 0 Å². The van der Waals surface area contributed by atoms with Crippen LogP contribution in [0.4, 0.5) is 0 Å². The van der Waals surface area contributed by atoms with Gasteiger partial charge < -0.3 is 0 Å². The Hall–Kier alpha value is -1.71. The van der Waals surface area contributed by atoms with Crippen molar-refractivity contribution in [3.05, 3.63) is 64.5 Å². The molecule has 0 saturated heterocycles. The van der Waals surface area contributed by atoms with Gasteiger partial charge in [0.2, 0.25) is 0 Å². The Morgan fingerprint density at radius 1 is 1.19 bits per heavy atom. The van der Waals surface area contributed by atoms with Crippen molar-refractivity contribution in [2.75, 3.05) is 0 Å². The highest BCUT2D eigenvalue weighted by molar-refractivity contribution is 5.38. The molecule has 2 rings (SSSR count). The van der Waals surface area contributed by atoms with Crippen LogP contribution in [0.1, 0.15) is 34.2 Å². The summed E-state index contributed by atoms with van der Waals surface area (Å²) in [5, 5.41) is 0. The number of hydrogen-bond donors (Lipinski definition) is 2. The predicted molar refractivity (Wildman–Crippen MR) is 88.0 cm³/mol. The Kier molecular flexibility index (Phi) is 5.48. The summed E-state index contributed by atoms with van der Waals surface area (Å²) >= 11 is 0. The second kappa shape index (κ2) is 7.34. The highest BCUT2D eigenvalue weighted by Crippen LogP contribution is 2.19. The molecule has 0 bridgehead atoms. The average molecular weight is 283 g/mol. The third-order valence-corrected chi connectivity index (χ3v) is 4.03. The Morgan fingerprint density at radius 2 is 1.90 bits per heavy atom. The van der Waals surface area contributed by atoms with Gasteiger partial charge in [-0.05, 0) is 68.4 Å². The summed E-state index contributed by atoms with van der Waals surface area (Å²) in [4.78, 5) is 4.16. The molecule has 0 radical (unpaired) electrons. The van der Waals surface area contributed by atoms with Crippen LogP contribution in [-0.2, 0) is 12.8 Å². The van der Waals surface area contributed by atoms with E-state index in [1.807, 2.05) is 12.3 Å². The molecule has 1 heterocycles. The first-order valence-corrected chi connectivity index (χ1v) is 7.52. The molecular formula is C18H25N3. The molecule has 0 aliphatic heterocycles. The number of benzene rings is 1. The summed E-state index contributed by atoms with van der Waals surface area (Å²) in [6.07, 6.45) is 6.70. The summed E-state index contributed by atoms with van der Waals surface area (Å²) in [6.45, 7) is 6.51. The molecule has 0 spiro atoms. The highest BCUT2D eigenvalue weighted by atomic mass is 15.2. The third-order valence-electron chi connectivity index (χ3n) is 4.03. The number of aromatic nitrogens is 1. The van der Waals surface area contributed by atoms with Crippen LogP contribution >= 0.6 is 0 Å². The van der Waals surface area contributed by atoms with E-state index in [1.54, 1.807) is 6.20 Å². The topological polar surface area (TPSA) is 50.9 Å². The maximum Gasteiger partial charge on any atom is 0.0299 e. The van der Waals surface area contributed by atoms with Crippen molar-refractivity contribution in [1.29, 1.82) is 0 Å². The fourth-order valence-corrected chi connectivity index (χ4v) is 2.91. The maximum atomic E-state index is 5.75. The minimum absolute atomic E-state index is 0.283. The Morgan fingerprint density at radius 3 is 2.48 bits per heavy atom. The zero-order chi connectivity index (χ0) is 15.2. The normalized spacial score (nSPS) is 12.4. The van der Waals surface area contributed by atoms with E-state index in [9.17, 15) is 0 Å². The van der Waals surface area contributed by atoms with Gasteiger partial charge in [-0.1, -0.05) is 23.8 Å². The van der Waals surface area contributed by atoms with Crippen LogP contribution in [0.15, 0.2) is 36.7 Å². The van der Waals surface area contributed by atoms with E-state index in [0.717, 1.165) is 19.3 Å². The van der Waals surface area contributed by atoms with E-state index in [2.05, 4.69) is 49.4 Å². The number of nitrogens with two attached hydrogens (primary N) is 1. The molecule has 1 aromatic carbocycles. The third kappa shape index (κ3) is 4.38. The maximum absolute atomic E-state index is 5.75. The van der Waals surface area contributed by atoms with E-state index >= 15 is 0 Å². The molecule has 3 nitrogen and oxygen atoms in total. The number of hydrogen-bond acceptors (Lipinski definition) is 3. The quantitative estimate of drug-likeness (QED) is 0.633. The zero-order valence-corrected chi connectivity index (χ0v) is 13.2. The van der Waals surface area contributed by atoms with Crippen molar-refractivity contribution in [2.24, 2.45) is 5.84 Å². The largest absolute Gasteiger partial charge is 0.271 e. The van der Waals surface area contributed by atoms with E-state index in [0.29, 0.717) is 0 Å². The van der Waals surface area contributed by atoms with Crippen LogP contribution < -0.4 is 11.3 Å². The second-order valence-corrected chi connectivity index (χ2v) is 5.84. The summed E-state index contributed by atoms with van der Waals surface area (Å²) < 4.78 is 0. The minimum Gasteiger partial charge on any atom is -0.271 e. The zero-order valence-electron chi connectivity index (χ0n) is 13.2. The van der Waals surface area contributed by atoms with Gasteiger partial charge in [0.05, 0.1) is 0 Å². The Labute approximate surface area is 127 Å². The summed E-state index contributed by atoms with van der Waals surface area (Å²) in [5.74, 6) is 5.75. The molecule has 112 valence electrons. The van der Waals surface area contributed by atoms with Gasteiger partial charge in [0.25, 0.3) is 0 Å². The molecule has 0 saturated carbocycles. The molecule has 1 atom stereocenters. The van der Waals surface area contributed by atoms with Crippen molar-refractivity contribution in [3.63, 3.8) is 0 Å². The van der Waals surface area contributed by atoms with Crippen molar-refractivity contribution in [2.45, 2.75) is 46.1 Å². The monoisotopic (exact) mass is 283 g/mol. The highest BCUT2D eigenvalue weighted by Gasteiger charge is 2.12. The molecular weight excluding hydrogens is 258 g/mol. The van der Waals surface area contributed by atoms with E-state index in [4.69, 9.17) is 5.84 Å². The smallest absolute Gasteiger partial charge is 0.0299 e. The fraction of sp³-hybridized carbons (Fsp3) is 0.389. The first kappa shape index (κ1) is 15.7. The lowest BCUT2D eigenvalue weighted by Gasteiger charge is -2.19. The molecule has 0 amide bonds. The van der Waals surface area contributed by atoms with Crippen molar-refractivity contribution >= 4 is 0 Å². The van der Waals surface area contributed by atoms with Gasteiger partial charge >= 0.3 is 0 Å². The van der Waals surface area contributed by atoms with E-state index < -0.39 is 0 Å². The number of aryl methyl sites for hydroxylation is 4. The lowest BCUT2D eigenvalue weighted by molar-refractivity contribution is 0.489. The van der Waals surface area contributed by atoms with Gasteiger partial charge in [0, 0.05) is 18.4 Å². The SMILES string of the molecule is Cc1cc(C)c(CC(CCc2cccnc2)NN)c(C)c1. The van der Waals surface area contributed by atoms with Crippen molar-refractivity contribution in [1.82, 2.24) is 10.4 Å². The van der Waals surface area contributed by atoms with Crippen molar-refractivity contribution in [3.8, 4) is 0 Å². The molecule has 0 aliphatic carbocycles. The molecule has 2 aromatic rings. The lowest BCUT2D eigenvalue weighted by atomic mass is 9.92. The predicted octanol–water partition coefficient (Wildman–Crippen LogP) is 3.01. The van der Waals surface area contributed by atoms with Crippen LogP contribution in [0.25, 0.3) is 0 Å². The van der Waals surface area contributed by atoms with E-state index in [-0.39, 0.29) is 6.04 Å². The molecule has 21 heavy (non-hydrogen) atoms. The summed E-state index contributed by atoms with van der Waals surface area (Å²) in [5.41, 5.74) is 9.67. The van der Waals surface area contributed by atoms with Crippen LogP contribution in [-0.4, -0.2) is 11.0 Å². The van der Waals surface area contributed by atoms with Gasteiger partial charge in [0.1, 0.15) is 0 Å². The molecule has 3 heteroatoms. The number of hydrazine groups is 1. The Bertz CT molecular complexity index is 555. The van der Waals surface area contributed by atoms with Crippen LogP contribution in [0.5, 0.6) is 0 Å². The molecule has 1 aromatic heterocycles. The van der Waals surface area contributed by atoms with Gasteiger partial charge in [-0.3, -0.25) is 16.3 Å². The Balaban J connectivity index is 2.02. The summed E-state index contributed by atoms with van der Waals surface area (Å²) in [6, 6.07) is 8.87. The van der Waals surface area contributed by atoms with E-state index in [1.165, 1.54) is 27.8 Å². The van der Waals surface area contributed by atoms with Crippen LogP contribution in [0.3, 0.4) is 0 Å². The summed E-state index contributed by atoms with van der Waals surface area (Å²) in [7, 11) is 0. The second-order valence-electron chi connectivity index (χ2n) is 5.84. The standard InChI is InChI=1S/C18H25N3/c1-13-9-14(2)18(15(3)10-13)11-17(21-19)7-6-16-5-4-8-20-12-16/h4-5,8-10,12,17,21H,6-7,11,19H2,1-3H3. The lowest BCUT2D eigenvalue weighted by Crippen LogP contribution is -2.37. The number of pyridine rings is 1. The van der Waals surface area contributed by atoms with Gasteiger partial charge in [0.15, 0.2) is 0 Å². The van der Waals surface area contributed by atoms with Gasteiger partial charge in [-0.25, -0.2) is 0 Å². The first-order valence-electron chi connectivity index (χ1n) is 7.52. The minimum atomic E-state index is 0.283. The molecule has 3 N–H and O–H groups in total. The molecule has 1 unspecified atom stereocenters. The van der Waals surface area contributed by atoms with Gasteiger partial charge in [-0.2, -0.15) is 0 Å². The molecule has 0 aliphatic rings. The number of nitrogens with one attached hydrogen (secondary N) is 1. The fourth-order valence-electron chi connectivity index (χ4n) is 2.91.